The van der Waals surface area contributed by atoms with Gasteiger partial charge in [-0.15, -0.1) is 0 Å². The summed E-state index contributed by atoms with van der Waals surface area (Å²) in [5.74, 6) is -0.591. The van der Waals surface area contributed by atoms with Crippen molar-refractivity contribution in [1.29, 1.82) is 0 Å². The zero-order valence-corrected chi connectivity index (χ0v) is 11.6. The van der Waals surface area contributed by atoms with E-state index in [1.165, 1.54) is 26.0 Å². The van der Waals surface area contributed by atoms with Crippen LogP contribution in [0.25, 0.3) is 0 Å². The molecule has 1 aromatic carbocycles. The first-order chi connectivity index (χ1) is 8.81. The second-order valence-corrected chi connectivity index (χ2v) is 5.94. The first-order valence-electron chi connectivity index (χ1n) is 5.22. The fraction of sp³-hybridized carbons (Fsp3) is 0.182. The monoisotopic (exact) mass is 304 g/mol. The fourth-order valence-electron chi connectivity index (χ4n) is 1.63. The van der Waals surface area contributed by atoms with E-state index in [2.05, 4.69) is 9.88 Å². The van der Waals surface area contributed by atoms with Crippen molar-refractivity contribution < 1.29 is 17.3 Å². The summed E-state index contributed by atoms with van der Waals surface area (Å²) in [4.78, 5) is -0.105. The molecular weight excluding hydrogens is 295 g/mol. The highest BCUT2D eigenvalue weighted by Gasteiger charge is 2.25. The molecule has 0 atom stereocenters. The van der Waals surface area contributed by atoms with Crippen molar-refractivity contribution in [1.82, 2.24) is 5.16 Å². The largest absolute Gasteiger partial charge is 0.360 e. The van der Waals surface area contributed by atoms with Crippen molar-refractivity contribution in [2.45, 2.75) is 18.7 Å². The SMILES string of the molecule is Cc1noc(C)c1S(=O)(=O)Nc1cc(Cl)ccc1F. The number of nitrogens with one attached hydrogen (secondary N) is 1. The lowest BCUT2D eigenvalue weighted by atomic mass is 10.3. The summed E-state index contributed by atoms with van der Waals surface area (Å²) >= 11 is 5.70. The Bertz CT molecular complexity index is 708. The lowest BCUT2D eigenvalue weighted by Gasteiger charge is -2.08. The van der Waals surface area contributed by atoms with Crippen LogP contribution in [0.3, 0.4) is 0 Å². The smallest absolute Gasteiger partial charge is 0.267 e. The standard InChI is InChI=1S/C11H10ClFN2O3S/c1-6-11(7(2)18-14-6)19(16,17)15-10-5-8(12)3-4-9(10)13/h3-5,15H,1-2H3. The van der Waals surface area contributed by atoms with Crippen molar-refractivity contribution in [3.05, 3.63) is 40.5 Å². The van der Waals surface area contributed by atoms with Crippen LogP contribution in [0.15, 0.2) is 27.6 Å². The lowest BCUT2D eigenvalue weighted by molar-refractivity contribution is 0.390. The number of hydrogen-bond donors (Lipinski definition) is 1. The maximum Gasteiger partial charge on any atom is 0.267 e. The van der Waals surface area contributed by atoms with Crippen LogP contribution in [0.4, 0.5) is 10.1 Å². The third kappa shape index (κ3) is 2.71. The third-order valence-electron chi connectivity index (χ3n) is 2.41. The van der Waals surface area contributed by atoms with Gasteiger partial charge in [-0.05, 0) is 32.0 Å². The molecule has 2 rings (SSSR count). The van der Waals surface area contributed by atoms with Crippen LogP contribution < -0.4 is 4.72 Å². The van der Waals surface area contributed by atoms with E-state index in [1.807, 2.05) is 0 Å². The Morgan fingerprint density at radius 2 is 2.05 bits per heavy atom. The van der Waals surface area contributed by atoms with E-state index >= 15 is 0 Å². The summed E-state index contributed by atoms with van der Waals surface area (Å²) in [5, 5.41) is 3.77. The highest BCUT2D eigenvalue weighted by molar-refractivity contribution is 7.92. The molecule has 0 bridgehead atoms. The number of nitrogens with zero attached hydrogens (tertiary/aromatic N) is 1. The predicted octanol–water partition coefficient (Wildman–Crippen LogP) is 2.88. The van der Waals surface area contributed by atoms with E-state index in [0.717, 1.165) is 6.07 Å². The van der Waals surface area contributed by atoms with Gasteiger partial charge in [0.15, 0.2) is 10.7 Å². The summed E-state index contributed by atoms with van der Waals surface area (Å²) in [5.41, 5.74) is -0.0278. The van der Waals surface area contributed by atoms with Crippen LogP contribution in [0, 0.1) is 19.7 Å². The van der Waals surface area contributed by atoms with Crippen molar-refractivity contribution in [2.75, 3.05) is 4.72 Å². The highest BCUT2D eigenvalue weighted by atomic mass is 35.5. The van der Waals surface area contributed by atoms with Gasteiger partial charge < -0.3 is 4.52 Å². The van der Waals surface area contributed by atoms with Crippen molar-refractivity contribution in [2.24, 2.45) is 0 Å². The number of aromatic nitrogens is 1. The van der Waals surface area contributed by atoms with Gasteiger partial charge in [-0.3, -0.25) is 4.72 Å². The van der Waals surface area contributed by atoms with Crippen LogP contribution in [0.2, 0.25) is 5.02 Å². The van der Waals surface area contributed by atoms with Gasteiger partial charge in [0.2, 0.25) is 0 Å². The van der Waals surface area contributed by atoms with E-state index in [9.17, 15) is 12.8 Å². The molecule has 0 saturated heterocycles. The van der Waals surface area contributed by atoms with Crippen molar-refractivity contribution >= 4 is 27.3 Å². The number of aryl methyl sites for hydroxylation is 2. The number of sulfonamides is 1. The van der Waals surface area contributed by atoms with Gasteiger partial charge >= 0.3 is 0 Å². The molecule has 0 amide bonds. The first-order valence-corrected chi connectivity index (χ1v) is 7.08. The average Bonchev–Trinajstić information content (AvgIpc) is 2.64. The molecule has 1 N–H and O–H groups in total. The lowest BCUT2D eigenvalue weighted by Crippen LogP contribution is -2.15. The molecule has 19 heavy (non-hydrogen) atoms. The summed E-state index contributed by atoms with van der Waals surface area (Å²) in [6.07, 6.45) is 0. The third-order valence-corrected chi connectivity index (χ3v) is 4.25. The van der Waals surface area contributed by atoms with Crippen LogP contribution in [-0.2, 0) is 10.0 Å². The van der Waals surface area contributed by atoms with Crippen molar-refractivity contribution in [3.63, 3.8) is 0 Å². The van der Waals surface area contributed by atoms with E-state index in [-0.39, 0.29) is 27.1 Å². The van der Waals surface area contributed by atoms with Crippen LogP contribution in [-0.4, -0.2) is 13.6 Å². The molecule has 0 fully saturated rings. The number of anilines is 1. The zero-order chi connectivity index (χ0) is 14.2. The topological polar surface area (TPSA) is 72.2 Å². The molecule has 0 radical (unpaired) electrons. The zero-order valence-electron chi connectivity index (χ0n) is 10.1. The molecule has 0 saturated carbocycles. The molecule has 2 aromatic rings. The van der Waals surface area contributed by atoms with Gasteiger partial charge in [0.1, 0.15) is 11.5 Å². The average molecular weight is 305 g/mol. The fourth-order valence-corrected chi connectivity index (χ4v) is 3.19. The van der Waals surface area contributed by atoms with Gasteiger partial charge in [0.25, 0.3) is 10.0 Å². The molecule has 8 heteroatoms. The minimum Gasteiger partial charge on any atom is -0.360 e. The van der Waals surface area contributed by atoms with Gasteiger partial charge in [0, 0.05) is 5.02 Å². The highest BCUT2D eigenvalue weighted by Crippen LogP contribution is 2.25. The number of hydrogen-bond acceptors (Lipinski definition) is 4. The van der Waals surface area contributed by atoms with Gasteiger partial charge in [-0.1, -0.05) is 16.8 Å². The minimum absolute atomic E-state index is 0.105. The minimum atomic E-state index is -3.98. The number of rotatable bonds is 3. The summed E-state index contributed by atoms with van der Waals surface area (Å²) in [6.45, 7) is 2.95. The number of benzene rings is 1. The van der Waals surface area contributed by atoms with E-state index < -0.39 is 15.8 Å². The van der Waals surface area contributed by atoms with Crippen LogP contribution in [0.1, 0.15) is 11.5 Å². The first kappa shape index (κ1) is 13.8. The Balaban J connectivity index is 2.45. The normalized spacial score (nSPS) is 11.6. The number of halogens is 2. The molecular formula is C11H10ClFN2O3S. The van der Waals surface area contributed by atoms with E-state index in [4.69, 9.17) is 16.1 Å². The second-order valence-electron chi connectivity index (χ2n) is 3.88. The van der Waals surface area contributed by atoms with Crippen LogP contribution in [0.5, 0.6) is 0 Å². The molecule has 0 aliphatic heterocycles. The molecule has 5 nitrogen and oxygen atoms in total. The Kier molecular flexibility index (Phi) is 3.51. The van der Waals surface area contributed by atoms with E-state index in [0.29, 0.717) is 0 Å². The summed E-state index contributed by atoms with van der Waals surface area (Å²) in [7, 11) is -3.98. The van der Waals surface area contributed by atoms with Gasteiger partial charge in [0.05, 0.1) is 5.69 Å². The van der Waals surface area contributed by atoms with Crippen molar-refractivity contribution in [3.8, 4) is 0 Å². The quantitative estimate of drug-likeness (QED) is 0.946. The molecule has 1 aromatic heterocycles. The van der Waals surface area contributed by atoms with Crippen LogP contribution >= 0.6 is 11.6 Å². The Morgan fingerprint density at radius 1 is 1.37 bits per heavy atom. The molecule has 0 unspecified atom stereocenters. The molecule has 0 aliphatic rings. The maximum absolute atomic E-state index is 13.5. The molecule has 0 aliphatic carbocycles. The Hall–Kier alpha value is -1.60. The summed E-state index contributed by atoms with van der Waals surface area (Å²) < 4.78 is 44.7. The maximum atomic E-state index is 13.5. The van der Waals surface area contributed by atoms with E-state index in [1.54, 1.807) is 0 Å². The summed E-state index contributed by atoms with van der Waals surface area (Å²) in [6, 6.07) is 3.59. The molecule has 102 valence electrons. The Labute approximate surface area is 114 Å². The Morgan fingerprint density at radius 3 is 2.63 bits per heavy atom. The second kappa shape index (κ2) is 4.82. The molecule has 0 spiro atoms. The van der Waals surface area contributed by atoms with Gasteiger partial charge in [-0.25, -0.2) is 12.8 Å². The predicted molar refractivity (Wildman–Crippen MR) is 68.2 cm³/mol. The molecule has 1 heterocycles. The van der Waals surface area contributed by atoms with Gasteiger partial charge in [-0.2, -0.15) is 0 Å².